The molecule has 0 saturated carbocycles. The van der Waals surface area contributed by atoms with Gasteiger partial charge in [-0.05, 0) is 49.9 Å². The molecule has 0 aliphatic carbocycles. The summed E-state index contributed by atoms with van der Waals surface area (Å²) in [7, 11) is 0. The van der Waals surface area contributed by atoms with Gasteiger partial charge in [0.2, 0.25) is 5.89 Å². The second-order valence-electron chi connectivity index (χ2n) is 8.70. The van der Waals surface area contributed by atoms with Gasteiger partial charge in [0.05, 0.1) is 18.8 Å². The van der Waals surface area contributed by atoms with Gasteiger partial charge < -0.3 is 9.09 Å². The van der Waals surface area contributed by atoms with E-state index in [1.807, 2.05) is 18.2 Å². The van der Waals surface area contributed by atoms with Gasteiger partial charge in [-0.25, -0.2) is 4.52 Å². The van der Waals surface area contributed by atoms with E-state index < -0.39 is 0 Å². The first-order valence-electron chi connectivity index (χ1n) is 11.3. The molecule has 0 N–H and O–H groups in total. The number of benzene rings is 1. The maximum atomic E-state index is 13.0. The standard InChI is InChI=1S/C24H28N6O2/c1-3-18-4-6-19(7-5-18)20-14-21-24(31)29(12-13-30(21)26-20)15-22-25-23(32-27-22)16-28-10-8-17(2)9-11-28/h4-7,12-14,17H,3,8-11,15-16H2,1-2H3. The third kappa shape index (κ3) is 4.23. The maximum absolute atomic E-state index is 13.0. The Morgan fingerprint density at radius 2 is 1.88 bits per heavy atom. The summed E-state index contributed by atoms with van der Waals surface area (Å²) in [6.45, 7) is 7.46. The number of hydrogen-bond donors (Lipinski definition) is 0. The van der Waals surface area contributed by atoms with Crippen molar-refractivity contribution in [1.82, 2.24) is 29.2 Å². The number of piperidine rings is 1. The number of aryl methyl sites for hydroxylation is 1. The van der Waals surface area contributed by atoms with Crippen LogP contribution in [0.4, 0.5) is 0 Å². The van der Waals surface area contributed by atoms with Crippen molar-refractivity contribution in [3.8, 4) is 11.3 Å². The van der Waals surface area contributed by atoms with Crippen molar-refractivity contribution in [2.24, 2.45) is 5.92 Å². The third-order valence-electron chi connectivity index (χ3n) is 6.32. The van der Waals surface area contributed by atoms with E-state index in [0.29, 0.717) is 23.8 Å². The highest BCUT2D eigenvalue weighted by Crippen LogP contribution is 2.20. The van der Waals surface area contributed by atoms with Gasteiger partial charge in [-0.3, -0.25) is 9.69 Å². The fourth-order valence-electron chi connectivity index (χ4n) is 4.19. The van der Waals surface area contributed by atoms with Crippen LogP contribution < -0.4 is 5.56 Å². The van der Waals surface area contributed by atoms with Gasteiger partial charge in [-0.1, -0.05) is 43.3 Å². The van der Waals surface area contributed by atoms with E-state index in [1.54, 1.807) is 21.5 Å². The number of likely N-dealkylation sites (tertiary alicyclic amines) is 1. The molecule has 5 rings (SSSR count). The zero-order valence-electron chi connectivity index (χ0n) is 18.6. The molecule has 0 spiro atoms. The van der Waals surface area contributed by atoms with E-state index in [1.165, 1.54) is 18.4 Å². The quantitative estimate of drug-likeness (QED) is 0.465. The average molecular weight is 433 g/mol. The third-order valence-corrected chi connectivity index (χ3v) is 6.32. The van der Waals surface area contributed by atoms with Crippen molar-refractivity contribution < 1.29 is 4.52 Å². The molecule has 1 aliphatic heterocycles. The Hall–Kier alpha value is -3.26. The first kappa shape index (κ1) is 20.6. The Morgan fingerprint density at radius 3 is 2.62 bits per heavy atom. The molecule has 1 aliphatic rings. The highest BCUT2D eigenvalue weighted by molar-refractivity contribution is 5.65. The van der Waals surface area contributed by atoms with Crippen LogP contribution in [0.25, 0.3) is 16.8 Å². The van der Waals surface area contributed by atoms with Crippen molar-refractivity contribution in [3.63, 3.8) is 0 Å². The van der Waals surface area contributed by atoms with Gasteiger partial charge >= 0.3 is 0 Å². The molecule has 0 unspecified atom stereocenters. The van der Waals surface area contributed by atoms with Crippen LogP contribution >= 0.6 is 0 Å². The predicted molar refractivity (Wildman–Crippen MR) is 121 cm³/mol. The monoisotopic (exact) mass is 432 g/mol. The van der Waals surface area contributed by atoms with Crippen LogP contribution in [0.3, 0.4) is 0 Å². The summed E-state index contributed by atoms with van der Waals surface area (Å²) in [4.78, 5) is 19.9. The topological polar surface area (TPSA) is 81.5 Å². The molecule has 4 aromatic rings. The van der Waals surface area contributed by atoms with Crippen molar-refractivity contribution in [2.45, 2.75) is 46.2 Å². The van der Waals surface area contributed by atoms with Crippen LogP contribution in [-0.4, -0.2) is 42.3 Å². The minimum Gasteiger partial charge on any atom is -0.338 e. The molecule has 4 heterocycles. The molecule has 3 aromatic heterocycles. The van der Waals surface area contributed by atoms with E-state index in [4.69, 9.17) is 4.52 Å². The van der Waals surface area contributed by atoms with E-state index in [0.717, 1.165) is 36.7 Å². The lowest BCUT2D eigenvalue weighted by Gasteiger charge is -2.28. The molecular weight excluding hydrogens is 404 g/mol. The average Bonchev–Trinajstić information content (AvgIpc) is 3.45. The highest BCUT2D eigenvalue weighted by atomic mass is 16.5. The first-order chi connectivity index (χ1) is 15.6. The lowest BCUT2D eigenvalue weighted by atomic mass is 9.99. The molecule has 1 aromatic carbocycles. The highest BCUT2D eigenvalue weighted by Gasteiger charge is 2.18. The number of aromatic nitrogens is 5. The molecule has 0 bridgehead atoms. The number of nitrogens with zero attached hydrogens (tertiary/aromatic N) is 6. The molecular formula is C24H28N6O2. The summed E-state index contributed by atoms with van der Waals surface area (Å²) in [6, 6.07) is 10.1. The number of hydrogen-bond acceptors (Lipinski definition) is 6. The molecule has 8 heteroatoms. The summed E-state index contributed by atoms with van der Waals surface area (Å²) in [5.41, 5.74) is 3.43. The van der Waals surface area contributed by atoms with Gasteiger partial charge in [0.15, 0.2) is 5.82 Å². The van der Waals surface area contributed by atoms with E-state index in [2.05, 4.69) is 46.1 Å². The summed E-state index contributed by atoms with van der Waals surface area (Å²) in [5, 5.41) is 8.66. The summed E-state index contributed by atoms with van der Waals surface area (Å²) in [6.07, 6.45) is 6.90. The van der Waals surface area contributed by atoms with Crippen LogP contribution in [0.15, 0.2) is 52.0 Å². The minimum absolute atomic E-state index is 0.132. The van der Waals surface area contributed by atoms with Crippen LogP contribution in [0.5, 0.6) is 0 Å². The zero-order valence-corrected chi connectivity index (χ0v) is 18.6. The Balaban J connectivity index is 1.33. The SMILES string of the molecule is CCc1ccc(-c2cc3c(=O)n(Cc4noc(CN5CCC(C)CC5)n4)ccn3n2)cc1. The predicted octanol–water partition coefficient (Wildman–Crippen LogP) is 3.39. The summed E-state index contributed by atoms with van der Waals surface area (Å²) >= 11 is 0. The molecule has 166 valence electrons. The largest absolute Gasteiger partial charge is 0.338 e. The Bertz CT molecular complexity index is 1260. The van der Waals surface area contributed by atoms with Crippen LogP contribution in [0.2, 0.25) is 0 Å². The zero-order chi connectivity index (χ0) is 22.1. The lowest BCUT2D eigenvalue weighted by molar-refractivity contribution is 0.165. The molecule has 1 fully saturated rings. The van der Waals surface area contributed by atoms with Gasteiger partial charge in [0, 0.05) is 18.0 Å². The van der Waals surface area contributed by atoms with Crippen LogP contribution in [0, 0.1) is 5.92 Å². The second-order valence-corrected chi connectivity index (χ2v) is 8.70. The normalized spacial score (nSPS) is 15.6. The first-order valence-corrected chi connectivity index (χ1v) is 11.3. The van der Waals surface area contributed by atoms with Crippen molar-refractivity contribution >= 4 is 5.52 Å². The molecule has 8 nitrogen and oxygen atoms in total. The second kappa shape index (κ2) is 8.70. The van der Waals surface area contributed by atoms with Crippen LogP contribution in [0.1, 0.15) is 44.0 Å². The van der Waals surface area contributed by atoms with Gasteiger partial charge in [-0.2, -0.15) is 10.1 Å². The molecule has 32 heavy (non-hydrogen) atoms. The van der Waals surface area contributed by atoms with Crippen molar-refractivity contribution in [2.75, 3.05) is 13.1 Å². The fourth-order valence-corrected chi connectivity index (χ4v) is 4.19. The Kier molecular flexibility index (Phi) is 5.61. The molecule has 0 amide bonds. The van der Waals surface area contributed by atoms with Gasteiger partial charge in [-0.15, -0.1) is 0 Å². The molecule has 0 radical (unpaired) electrons. The Morgan fingerprint density at radius 1 is 1.09 bits per heavy atom. The van der Waals surface area contributed by atoms with Crippen LogP contribution in [-0.2, 0) is 19.5 Å². The van der Waals surface area contributed by atoms with E-state index in [9.17, 15) is 4.79 Å². The van der Waals surface area contributed by atoms with E-state index in [-0.39, 0.29) is 12.1 Å². The summed E-state index contributed by atoms with van der Waals surface area (Å²) in [5.74, 6) is 1.89. The number of rotatable bonds is 6. The smallest absolute Gasteiger partial charge is 0.277 e. The lowest BCUT2D eigenvalue weighted by Crippen LogP contribution is -2.32. The minimum atomic E-state index is -0.132. The van der Waals surface area contributed by atoms with Gasteiger partial charge in [0.25, 0.3) is 5.56 Å². The van der Waals surface area contributed by atoms with Gasteiger partial charge in [0.1, 0.15) is 5.52 Å². The number of fused-ring (bicyclic) bond motifs is 1. The fraction of sp³-hybridized carbons (Fsp3) is 0.417. The van der Waals surface area contributed by atoms with Crippen molar-refractivity contribution in [1.29, 1.82) is 0 Å². The summed E-state index contributed by atoms with van der Waals surface area (Å²) < 4.78 is 8.66. The molecule has 0 atom stereocenters. The Labute approximate surface area is 186 Å². The maximum Gasteiger partial charge on any atom is 0.277 e. The van der Waals surface area contributed by atoms with Crippen molar-refractivity contribution in [3.05, 3.63) is 70.4 Å². The molecule has 1 saturated heterocycles. The van der Waals surface area contributed by atoms with E-state index >= 15 is 0 Å².